The molecule has 9 heteroatoms. The zero-order valence-corrected chi connectivity index (χ0v) is 27.6. The van der Waals surface area contributed by atoms with Crippen LogP contribution in [0.2, 0.25) is 0 Å². The van der Waals surface area contributed by atoms with Crippen LogP contribution >= 0.6 is 0 Å². The molecule has 4 rings (SSSR count). The number of β-lactam (4-membered cyclic amide) rings is 1. The highest BCUT2D eigenvalue weighted by Crippen LogP contribution is 2.46. The van der Waals surface area contributed by atoms with Crippen molar-refractivity contribution in [1.82, 2.24) is 19.6 Å². The number of carbonyl (C=O) groups is 4. The minimum Gasteiger partial charge on any atom is -0.347 e. The Bertz CT molecular complexity index is 1250. The van der Waals surface area contributed by atoms with E-state index >= 15 is 0 Å². The van der Waals surface area contributed by atoms with Gasteiger partial charge in [0.05, 0.1) is 11.3 Å². The van der Waals surface area contributed by atoms with Crippen molar-refractivity contribution >= 4 is 23.6 Å². The van der Waals surface area contributed by atoms with E-state index in [0.29, 0.717) is 32.5 Å². The first-order valence-electron chi connectivity index (χ1n) is 16.6. The van der Waals surface area contributed by atoms with Gasteiger partial charge in [0.2, 0.25) is 17.7 Å². The van der Waals surface area contributed by atoms with Crippen LogP contribution in [-0.4, -0.2) is 102 Å². The summed E-state index contributed by atoms with van der Waals surface area (Å²) in [5.74, 6) is -1.70. The number of hydrogen-bond donors (Lipinski definition) is 0. The topological polar surface area (TPSA) is 90.5 Å². The number of hydrogen-bond acceptors (Lipinski definition) is 6. The van der Waals surface area contributed by atoms with Crippen LogP contribution in [0.4, 0.5) is 0 Å². The molecule has 2 aromatic rings. The average Bonchev–Trinajstić information content (AvgIpc) is 3.06. The quantitative estimate of drug-likeness (QED) is 0.229. The molecule has 2 atom stereocenters. The SMILES string of the molecule is CCCCCN(C(=O)C(c1ccccc1)c1ccccc1)[C@H](C)C(=O)N1C(=O)C(CC)(CC)[C@@H]1OCC(=O)N1CCN(C)CC1. The van der Waals surface area contributed by atoms with Crippen LogP contribution in [0.1, 0.15) is 76.8 Å². The van der Waals surface area contributed by atoms with E-state index in [0.717, 1.165) is 43.5 Å². The van der Waals surface area contributed by atoms with Crippen molar-refractivity contribution in [2.24, 2.45) is 5.41 Å². The Kier molecular flexibility index (Phi) is 11.9. The molecule has 2 heterocycles. The molecule has 2 aliphatic rings. The summed E-state index contributed by atoms with van der Waals surface area (Å²) in [6.07, 6.45) is 2.70. The van der Waals surface area contributed by atoms with Gasteiger partial charge in [-0.25, -0.2) is 0 Å². The van der Waals surface area contributed by atoms with Crippen LogP contribution in [0.25, 0.3) is 0 Å². The number of ether oxygens (including phenoxy) is 1. The van der Waals surface area contributed by atoms with Crippen LogP contribution in [0.5, 0.6) is 0 Å². The largest absolute Gasteiger partial charge is 0.347 e. The van der Waals surface area contributed by atoms with E-state index in [1.54, 1.807) is 16.7 Å². The van der Waals surface area contributed by atoms with Gasteiger partial charge in [-0.3, -0.25) is 24.1 Å². The molecule has 244 valence electrons. The van der Waals surface area contributed by atoms with Crippen LogP contribution in [-0.2, 0) is 23.9 Å². The molecule has 2 aliphatic heterocycles. The number of benzene rings is 2. The summed E-state index contributed by atoms with van der Waals surface area (Å²) in [5, 5.41) is 0. The van der Waals surface area contributed by atoms with Gasteiger partial charge < -0.3 is 19.4 Å². The number of likely N-dealkylation sites (N-methyl/N-ethyl adjacent to an activating group) is 1. The number of rotatable bonds is 14. The van der Waals surface area contributed by atoms with Crippen LogP contribution in [0.3, 0.4) is 0 Å². The molecule has 0 unspecified atom stereocenters. The van der Waals surface area contributed by atoms with E-state index in [1.807, 2.05) is 81.6 Å². The molecule has 4 amide bonds. The van der Waals surface area contributed by atoms with Crippen molar-refractivity contribution < 1.29 is 23.9 Å². The highest BCUT2D eigenvalue weighted by Gasteiger charge is 2.62. The van der Waals surface area contributed by atoms with E-state index in [1.165, 1.54) is 4.90 Å². The summed E-state index contributed by atoms with van der Waals surface area (Å²) in [6.45, 7) is 10.6. The van der Waals surface area contributed by atoms with E-state index in [2.05, 4.69) is 11.8 Å². The Hall–Kier alpha value is -3.56. The predicted molar refractivity (Wildman–Crippen MR) is 174 cm³/mol. The highest BCUT2D eigenvalue weighted by atomic mass is 16.5. The number of amides is 4. The summed E-state index contributed by atoms with van der Waals surface area (Å²) in [7, 11) is 2.03. The number of unbranched alkanes of at least 4 members (excludes halogenated alkanes) is 2. The van der Waals surface area contributed by atoms with Crippen molar-refractivity contribution in [2.45, 2.75) is 78.0 Å². The van der Waals surface area contributed by atoms with Gasteiger partial charge in [0.15, 0.2) is 6.23 Å². The van der Waals surface area contributed by atoms with Crippen LogP contribution in [0, 0.1) is 5.41 Å². The lowest BCUT2D eigenvalue weighted by atomic mass is 9.71. The summed E-state index contributed by atoms with van der Waals surface area (Å²) < 4.78 is 6.17. The van der Waals surface area contributed by atoms with Gasteiger partial charge in [0, 0.05) is 32.7 Å². The van der Waals surface area contributed by atoms with Crippen LogP contribution in [0.15, 0.2) is 60.7 Å². The number of piperazine rings is 1. The summed E-state index contributed by atoms with van der Waals surface area (Å²) in [5.41, 5.74) is 0.799. The molecule has 45 heavy (non-hydrogen) atoms. The minimum absolute atomic E-state index is 0.145. The zero-order chi connectivity index (χ0) is 32.6. The minimum atomic E-state index is -0.903. The monoisotopic (exact) mass is 618 g/mol. The Balaban J connectivity index is 1.60. The van der Waals surface area contributed by atoms with E-state index in [9.17, 15) is 19.2 Å². The fourth-order valence-corrected chi connectivity index (χ4v) is 6.58. The highest BCUT2D eigenvalue weighted by molar-refractivity contribution is 6.06. The molecule has 0 aromatic heterocycles. The third-order valence-corrected chi connectivity index (χ3v) is 9.70. The average molecular weight is 619 g/mol. The predicted octanol–water partition coefficient (Wildman–Crippen LogP) is 4.52. The Morgan fingerprint density at radius 1 is 0.889 bits per heavy atom. The molecule has 0 spiro atoms. The number of nitrogens with zero attached hydrogens (tertiary/aromatic N) is 4. The molecular formula is C36H50N4O5. The fraction of sp³-hybridized carbons (Fsp3) is 0.556. The number of likely N-dealkylation sites (tertiary alicyclic amines) is 1. The van der Waals surface area contributed by atoms with Crippen molar-refractivity contribution in [2.75, 3.05) is 46.4 Å². The summed E-state index contributed by atoms with van der Waals surface area (Å²) >= 11 is 0. The molecule has 0 bridgehead atoms. The second-order valence-corrected chi connectivity index (χ2v) is 12.4. The van der Waals surface area contributed by atoms with Crippen molar-refractivity contribution in [3.63, 3.8) is 0 Å². The van der Waals surface area contributed by atoms with Gasteiger partial charge in [-0.1, -0.05) is 94.3 Å². The Labute approximate surface area is 268 Å². The smallest absolute Gasteiger partial charge is 0.253 e. The van der Waals surface area contributed by atoms with Gasteiger partial charge in [0.25, 0.3) is 5.91 Å². The molecule has 2 aromatic carbocycles. The van der Waals surface area contributed by atoms with Gasteiger partial charge in [-0.15, -0.1) is 0 Å². The van der Waals surface area contributed by atoms with E-state index < -0.39 is 29.5 Å². The maximum atomic E-state index is 14.5. The summed E-state index contributed by atoms with van der Waals surface area (Å²) in [4.78, 5) is 62.3. The first kappa shape index (κ1) is 34.3. The maximum absolute atomic E-state index is 14.5. The Morgan fingerprint density at radius 3 is 1.96 bits per heavy atom. The molecule has 0 aliphatic carbocycles. The Morgan fingerprint density at radius 2 is 1.44 bits per heavy atom. The zero-order valence-electron chi connectivity index (χ0n) is 27.6. The van der Waals surface area contributed by atoms with E-state index in [-0.39, 0.29) is 24.3 Å². The van der Waals surface area contributed by atoms with Crippen molar-refractivity contribution in [3.05, 3.63) is 71.8 Å². The lowest BCUT2D eigenvalue weighted by Crippen LogP contribution is -2.73. The third kappa shape index (κ3) is 7.31. The van der Waals surface area contributed by atoms with Gasteiger partial charge in [-0.2, -0.15) is 0 Å². The third-order valence-electron chi connectivity index (χ3n) is 9.70. The summed E-state index contributed by atoms with van der Waals surface area (Å²) in [6, 6.07) is 18.3. The molecular weight excluding hydrogens is 568 g/mol. The van der Waals surface area contributed by atoms with Crippen molar-refractivity contribution in [3.8, 4) is 0 Å². The maximum Gasteiger partial charge on any atom is 0.253 e. The number of carbonyl (C=O) groups excluding carboxylic acids is 4. The van der Waals surface area contributed by atoms with Gasteiger partial charge >= 0.3 is 0 Å². The molecule has 0 saturated carbocycles. The van der Waals surface area contributed by atoms with Gasteiger partial charge in [0.1, 0.15) is 12.6 Å². The van der Waals surface area contributed by atoms with E-state index in [4.69, 9.17) is 4.74 Å². The number of imide groups is 1. The first-order valence-corrected chi connectivity index (χ1v) is 16.6. The van der Waals surface area contributed by atoms with Gasteiger partial charge in [-0.05, 0) is 44.4 Å². The second-order valence-electron chi connectivity index (χ2n) is 12.4. The molecule has 2 fully saturated rings. The van der Waals surface area contributed by atoms with Crippen LogP contribution < -0.4 is 0 Å². The molecule has 2 saturated heterocycles. The normalized spacial score (nSPS) is 18.9. The molecule has 0 radical (unpaired) electrons. The van der Waals surface area contributed by atoms with Crippen molar-refractivity contribution in [1.29, 1.82) is 0 Å². The lowest BCUT2D eigenvalue weighted by molar-refractivity contribution is -0.225. The molecule has 9 nitrogen and oxygen atoms in total. The standard InChI is InChI=1S/C36H50N4O5/c1-6-9-16-21-39(33(43)31(28-17-12-10-13-18-28)29-19-14-11-15-20-29)27(4)32(42)40-34(44)36(7-2,8-3)35(40)45-26-30(41)38-24-22-37(5)23-25-38/h10-15,17-20,27,31,35H,6-9,16,21-26H2,1-5H3/t27-,35+/m1/s1. The second kappa shape index (κ2) is 15.6. The lowest BCUT2D eigenvalue weighted by Gasteiger charge is -2.54. The fourth-order valence-electron chi connectivity index (χ4n) is 6.58. The first-order chi connectivity index (χ1) is 21.7. The molecule has 0 N–H and O–H groups in total.